The SMILES string of the molecule is CC(OC(=O)C1CCC2(C)OC2C1)OC(=O)C1CCC2(C)OC2C1. The minimum atomic E-state index is -0.841. The van der Waals surface area contributed by atoms with Crippen molar-refractivity contribution in [1.29, 1.82) is 0 Å². The minimum absolute atomic E-state index is 0.0186. The molecule has 2 heterocycles. The van der Waals surface area contributed by atoms with E-state index in [1.54, 1.807) is 6.92 Å². The highest BCUT2D eigenvalue weighted by molar-refractivity contribution is 5.75. The molecule has 0 amide bonds. The van der Waals surface area contributed by atoms with Crippen molar-refractivity contribution in [2.45, 2.75) is 89.0 Å². The second kappa shape index (κ2) is 5.43. The molecule has 0 aromatic rings. The summed E-state index contributed by atoms with van der Waals surface area (Å²) in [4.78, 5) is 24.5. The van der Waals surface area contributed by atoms with Crippen LogP contribution in [-0.2, 0) is 28.5 Å². The Morgan fingerprint density at radius 3 is 1.71 bits per heavy atom. The lowest BCUT2D eigenvalue weighted by molar-refractivity contribution is -0.191. The highest BCUT2D eigenvalue weighted by atomic mass is 16.7. The fraction of sp³-hybridized carbons (Fsp3) is 0.889. The average molecular weight is 338 g/mol. The van der Waals surface area contributed by atoms with Crippen LogP contribution in [0.2, 0.25) is 0 Å². The third kappa shape index (κ3) is 2.94. The summed E-state index contributed by atoms with van der Waals surface area (Å²) in [5.41, 5.74) is -0.0373. The van der Waals surface area contributed by atoms with Crippen LogP contribution >= 0.6 is 0 Å². The number of carbonyl (C=O) groups excluding carboxylic acids is 2. The Hall–Kier alpha value is -1.14. The van der Waals surface area contributed by atoms with E-state index in [1.165, 1.54) is 0 Å². The number of rotatable bonds is 4. The van der Waals surface area contributed by atoms with Crippen LogP contribution in [0.4, 0.5) is 0 Å². The molecule has 2 saturated carbocycles. The zero-order valence-electron chi connectivity index (χ0n) is 14.6. The molecule has 4 fully saturated rings. The van der Waals surface area contributed by atoms with E-state index in [4.69, 9.17) is 18.9 Å². The van der Waals surface area contributed by atoms with E-state index in [-0.39, 0.29) is 47.2 Å². The van der Waals surface area contributed by atoms with Gasteiger partial charge in [0.1, 0.15) is 0 Å². The summed E-state index contributed by atoms with van der Waals surface area (Å²) in [6.07, 6.45) is 4.23. The first-order valence-electron chi connectivity index (χ1n) is 9.06. The highest BCUT2D eigenvalue weighted by Gasteiger charge is 2.57. The van der Waals surface area contributed by atoms with Gasteiger partial charge in [-0.1, -0.05) is 0 Å². The van der Waals surface area contributed by atoms with E-state index < -0.39 is 6.29 Å². The fourth-order valence-corrected chi connectivity index (χ4v) is 4.26. The summed E-state index contributed by atoms with van der Waals surface area (Å²) in [5, 5.41) is 0. The molecule has 6 heteroatoms. The smallest absolute Gasteiger partial charge is 0.312 e. The van der Waals surface area contributed by atoms with E-state index in [2.05, 4.69) is 13.8 Å². The molecule has 0 bridgehead atoms. The molecule has 6 atom stereocenters. The molecule has 134 valence electrons. The summed E-state index contributed by atoms with van der Waals surface area (Å²) >= 11 is 0. The van der Waals surface area contributed by atoms with Crippen LogP contribution in [0.25, 0.3) is 0 Å². The Balaban J connectivity index is 1.22. The summed E-state index contributed by atoms with van der Waals surface area (Å²) in [5.74, 6) is -0.867. The van der Waals surface area contributed by atoms with E-state index >= 15 is 0 Å². The summed E-state index contributed by atoms with van der Waals surface area (Å²) in [7, 11) is 0. The van der Waals surface area contributed by atoms with Crippen molar-refractivity contribution in [3.63, 3.8) is 0 Å². The molecule has 6 nitrogen and oxygen atoms in total. The van der Waals surface area contributed by atoms with Gasteiger partial charge in [-0.25, -0.2) is 0 Å². The van der Waals surface area contributed by atoms with E-state index in [0.717, 1.165) is 25.7 Å². The topological polar surface area (TPSA) is 77.7 Å². The van der Waals surface area contributed by atoms with Crippen LogP contribution in [-0.4, -0.2) is 41.6 Å². The first-order valence-corrected chi connectivity index (χ1v) is 9.06. The molecule has 0 radical (unpaired) electrons. The lowest BCUT2D eigenvalue weighted by Crippen LogP contribution is -2.33. The quantitative estimate of drug-likeness (QED) is 0.445. The van der Waals surface area contributed by atoms with Gasteiger partial charge < -0.3 is 18.9 Å². The number of ether oxygens (including phenoxy) is 4. The van der Waals surface area contributed by atoms with Crippen molar-refractivity contribution in [3.8, 4) is 0 Å². The molecule has 2 aliphatic carbocycles. The van der Waals surface area contributed by atoms with Crippen LogP contribution in [0.1, 0.15) is 59.3 Å². The zero-order chi connectivity index (χ0) is 17.1. The molecule has 4 rings (SSSR count). The standard InChI is InChI=1S/C18H26O6/c1-10(21-15(19)11-4-6-17(2)13(8-11)23-17)22-16(20)12-5-7-18(3)14(9-12)24-18/h10-14H,4-9H2,1-3H3. The average Bonchev–Trinajstić information content (AvgIpc) is 3.37. The number of hydrogen-bond donors (Lipinski definition) is 0. The van der Waals surface area contributed by atoms with Gasteiger partial charge in [0.15, 0.2) is 0 Å². The van der Waals surface area contributed by atoms with Crippen molar-refractivity contribution in [1.82, 2.24) is 0 Å². The van der Waals surface area contributed by atoms with Crippen molar-refractivity contribution < 1.29 is 28.5 Å². The third-order valence-electron chi connectivity index (χ3n) is 6.28. The van der Waals surface area contributed by atoms with Gasteiger partial charge in [0.2, 0.25) is 6.29 Å². The largest absolute Gasteiger partial charge is 0.425 e. The lowest BCUT2D eigenvalue weighted by Gasteiger charge is -2.25. The number of epoxide rings is 2. The number of fused-ring (bicyclic) bond motifs is 2. The van der Waals surface area contributed by atoms with Gasteiger partial charge in [-0.3, -0.25) is 9.59 Å². The van der Waals surface area contributed by atoms with E-state index in [9.17, 15) is 9.59 Å². The molecule has 24 heavy (non-hydrogen) atoms. The molecule has 0 spiro atoms. The van der Waals surface area contributed by atoms with Crippen LogP contribution in [0, 0.1) is 11.8 Å². The predicted octanol–water partition coefficient (Wildman–Crippen LogP) is 2.33. The van der Waals surface area contributed by atoms with Gasteiger partial charge in [0.05, 0.1) is 35.2 Å². The van der Waals surface area contributed by atoms with Crippen molar-refractivity contribution in [2.75, 3.05) is 0 Å². The van der Waals surface area contributed by atoms with Crippen molar-refractivity contribution in [3.05, 3.63) is 0 Å². The molecule has 2 aliphatic heterocycles. The number of hydrogen-bond acceptors (Lipinski definition) is 6. The summed E-state index contributed by atoms with van der Waals surface area (Å²) < 4.78 is 21.9. The third-order valence-corrected chi connectivity index (χ3v) is 6.28. The molecule has 0 N–H and O–H groups in total. The van der Waals surface area contributed by atoms with Gasteiger partial charge in [-0.2, -0.15) is 0 Å². The fourth-order valence-electron chi connectivity index (χ4n) is 4.26. The van der Waals surface area contributed by atoms with Crippen LogP contribution in [0.5, 0.6) is 0 Å². The van der Waals surface area contributed by atoms with Gasteiger partial charge >= 0.3 is 11.9 Å². The maximum Gasteiger partial charge on any atom is 0.312 e. The van der Waals surface area contributed by atoms with Crippen LogP contribution < -0.4 is 0 Å². The van der Waals surface area contributed by atoms with E-state index in [0.29, 0.717) is 12.8 Å². The maximum absolute atomic E-state index is 12.2. The van der Waals surface area contributed by atoms with Crippen molar-refractivity contribution >= 4 is 11.9 Å². The van der Waals surface area contributed by atoms with Crippen molar-refractivity contribution in [2.24, 2.45) is 11.8 Å². The summed E-state index contributed by atoms with van der Waals surface area (Å²) in [6.45, 7) is 5.78. The molecule has 6 unspecified atom stereocenters. The van der Waals surface area contributed by atoms with Crippen LogP contribution in [0.3, 0.4) is 0 Å². The van der Waals surface area contributed by atoms with Gasteiger partial charge in [0, 0.05) is 6.92 Å². The molecular weight excluding hydrogens is 312 g/mol. The van der Waals surface area contributed by atoms with Gasteiger partial charge in [-0.15, -0.1) is 0 Å². The predicted molar refractivity (Wildman–Crippen MR) is 82.9 cm³/mol. The summed E-state index contributed by atoms with van der Waals surface area (Å²) in [6, 6.07) is 0. The minimum Gasteiger partial charge on any atom is -0.425 e. The lowest BCUT2D eigenvalue weighted by atomic mass is 9.83. The second-order valence-electron chi connectivity index (χ2n) is 8.22. The monoisotopic (exact) mass is 338 g/mol. The Morgan fingerprint density at radius 1 is 0.917 bits per heavy atom. The van der Waals surface area contributed by atoms with Crippen LogP contribution in [0.15, 0.2) is 0 Å². The Bertz CT molecular complexity index is 514. The van der Waals surface area contributed by atoms with Gasteiger partial charge in [-0.05, 0) is 52.4 Å². The zero-order valence-corrected chi connectivity index (χ0v) is 14.6. The molecule has 0 aromatic heterocycles. The number of esters is 2. The number of carbonyl (C=O) groups is 2. The Kier molecular flexibility index (Phi) is 3.69. The first kappa shape index (κ1) is 16.3. The normalized spacial score (nSPS) is 47.0. The molecule has 0 aromatic carbocycles. The van der Waals surface area contributed by atoms with E-state index in [1.807, 2.05) is 0 Å². The first-order chi connectivity index (χ1) is 11.3. The molecular formula is C18H26O6. The molecule has 4 aliphatic rings. The Labute approximate surface area is 142 Å². The van der Waals surface area contributed by atoms with Gasteiger partial charge in [0.25, 0.3) is 0 Å². The Morgan fingerprint density at radius 2 is 1.33 bits per heavy atom. The molecule has 2 saturated heterocycles. The maximum atomic E-state index is 12.2. The second-order valence-corrected chi connectivity index (χ2v) is 8.22. The highest BCUT2D eigenvalue weighted by Crippen LogP contribution is 2.50.